The smallest absolute Gasteiger partial charge is 0.194 e. The van der Waals surface area contributed by atoms with Crippen molar-refractivity contribution in [1.29, 1.82) is 0 Å². The van der Waals surface area contributed by atoms with E-state index in [2.05, 4.69) is 44.2 Å². The van der Waals surface area contributed by atoms with Gasteiger partial charge in [0.15, 0.2) is 10.2 Å². The molecule has 0 radical (unpaired) electrons. The Morgan fingerprint density at radius 2 is 1.93 bits per heavy atom. The molecule has 0 spiro atoms. The molecule has 0 saturated carbocycles. The first-order valence-electron chi connectivity index (χ1n) is 8.70. The van der Waals surface area contributed by atoms with Crippen LogP contribution in [-0.2, 0) is 0 Å². The molecule has 1 aliphatic heterocycles. The zero-order valence-corrected chi connectivity index (χ0v) is 16.2. The van der Waals surface area contributed by atoms with Crippen LogP contribution in [0.25, 0.3) is 15.3 Å². The molecule has 7 heteroatoms. The largest absolute Gasteiger partial charge is 0.352 e. The molecular formula is C20H17N5S2. The third-order valence-electron chi connectivity index (χ3n) is 4.91. The van der Waals surface area contributed by atoms with Gasteiger partial charge in [0.2, 0.25) is 0 Å². The van der Waals surface area contributed by atoms with Crippen LogP contribution >= 0.6 is 23.6 Å². The lowest BCUT2D eigenvalue weighted by molar-refractivity contribution is 0.357. The minimum atomic E-state index is -0.00766. The van der Waals surface area contributed by atoms with Crippen LogP contribution in [-0.4, -0.2) is 31.6 Å². The van der Waals surface area contributed by atoms with Gasteiger partial charge in [-0.3, -0.25) is 9.55 Å². The summed E-state index contributed by atoms with van der Waals surface area (Å²) in [5.74, 6) is 0. The molecule has 0 unspecified atom stereocenters. The van der Waals surface area contributed by atoms with Crippen molar-refractivity contribution in [1.82, 2.24) is 24.8 Å². The highest BCUT2D eigenvalue weighted by atomic mass is 32.1. The van der Waals surface area contributed by atoms with E-state index in [1.807, 2.05) is 49.6 Å². The molecule has 1 aromatic carbocycles. The van der Waals surface area contributed by atoms with Crippen LogP contribution in [0.15, 0.2) is 67.0 Å². The summed E-state index contributed by atoms with van der Waals surface area (Å²) in [6.45, 7) is 0. The van der Waals surface area contributed by atoms with Crippen LogP contribution in [0.2, 0.25) is 0 Å². The summed E-state index contributed by atoms with van der Waals surface area (Å²) in [6, 6.07) is 18.4. The van der Waals surface area contributed by atoms with Crippen molar-refractivity contribution in [3.8, 4) is 5.13 Å². The van der Waals surface area contributed by atoms with Gasteiger partial charge in [0.05, 0.1) is 33.7 Å². The number of nitrogens with one attached hydrogen (secondary N) is 1. The number of rotatable bonds is 3. The fraction of sp³-hybridized carbons (Fsp3) is 0.150. The highest BCUT2D eigenvalue weighted by Gasteiger charge is 2.39. The molecule has 2 atom stereocenters. The van der Waals surface area contributed by atoms with Crippen LogP contribution in [0.1, 0.15) is 23.5 Å². The number of thiazole rings is 1. The number of aromatic nitrogens is 3. The van der Waals surface area contributed by atoms with Gasteiger partial charge in [-0.05, 0) is 48.6 Å². The molecule has 0 bridgehead atoms. The maximum atomic E-state index is 5.55. The predicted octanol–water partition coefficient (Wildman–Crippen LogP) is 4.08. The number of hydrogen-bond acceptors (Lipinski definition) is 4. The number of hydrogen-bond donors (Lipinski definition) is 1. The molecule has 0 aliphatic carbocycles. The standard InChI is InChI=1S/C20H17N5S2/c1-24-18(17(23-19(24)26)14-8-4-5-11-21-14)15-9-6-12-25(15)20-22-13-7-2-3-10-16(13)27-20/h2-12,17-18H,1H3,(H,23,26)/t17-,18+/m1/s1. The number of pyridine rings is 1. The third-order valence-corrected chi connectivity index (χ3v) is 6.35. The average Bonchev–Trinajstić information content (AvgIpc) is 3.40. The molecule has 5 rings (SSSR count). The summed E-state index contributed by atoms with van der Waals surface area (Å²) >= 11 is 7.24. The molecule has 5 nitrogen and oxygen atoms in total. The Kier molecular flexibility index (Phi) is 3.91. The first kappa shape index (κ1) is 16.4. The molecule has 3 aromatic heterocycles. The molecule has 0 amide bonds. The zero-order chi connectivity index (χ0) is 18.4. The quantitative estimate of drug-likeness (QED) is 0.533. The summed E-state index contributed by atoms with van der Waals surface area (Å²) < 4.78 is 3.35. The summed E-state index contributed by atoms with van der Waals surface area (Å²) in [7, 11) is 2.03. The topological polar surface area (TPSA) is 46.0 Å². The highest BCUT2D eigenvalue weighted by molar-refractivity contribution is 7.80. The van der Waals surface area contributed by atoms with Gasteiger partial charge in [-0.2, -0.15) is 0 Å². The Bertz CT molecular complexity index is 1080. The van der Waals surface area contributed by atoms with Crippen LogP contribution in [0, 0.1) is 0 Å². The minimum absolute atomic E-state index is 0.00766. The van der Waals surface area contributed by atoms with Gasteiger partial charge >= 0.3 is 0 Å². The lowest BCUT2D eigenvalue weighted by Gasteiger charge is -2.25. The van der Waals surface area contributed by atoms with Gasteiger partial charge in [-0.25, -0.2) is 4.98 Å². The van der Waals surface area contributed by atoms with Crippen LogP contribution in [0.4, 0.5) is 0 Å². The molecule has 4 aromatic rings. The number of nitrogens with zero attached hydrogens (tertiary/aromatic N) is 4. The Hall–Kier alpha value is -2.77. The van der Waals surface area contributed by atoms with E-state index < -0.39 is 0 Å². The third kappa shape index (κ3) is 2.70. The van der Waals surface area contributed by atoms with E-state index >= 15 is 0 Å². The second kappa shape index (κ2) is 6.44. The van der Waals surface area contributed by atoms with Crippen molar-refractivity contribution in [3.05, 3.63) is 78.4 Å². The molecule has 1 fully saturated rings. The zero-order valence-electron chi connectivity index (χ0n) is 14.6. The van der Waals surface area contributed by atoms with Crippen molar-refractivity contribution in [2.24, 2.45) is 0 Å². The fourth-order valence-electron chi connectivity index (χ4n) is 3.60. The molecule has 27 heavy (non-hydrogen) atoms. The summed E-state index contributed by atoms with van der Waals surface area (Å²) in [5, 5.41) is 5.12. The molecule has 1 saturated heterocycles. The number of thiocarbonyl (C=S) groups is 1. The van der Waals surface area contributed by atoms with E-state index in [0.29, 0.717) is 0 Å². The van der Waals surface area contributed by atoms with E-state index in [9.17, 15) is 0 Å². The SMILES string of the molecule is CN1C(=S)N[C@H](c2ccccn2)[C@@H]1c1cccn1-c1nc2ccccc2s1. The maximum Gasteiger partial charge on any atom is 0.194 e. The number of likely N-dealkylation sites (N-methyl/N-ethyl adjacent to an activating group) is 1. The van der Waals surface area contributed by atoms with Gasteiger partial charge in [0.25, 0.3) is 0 Å². The first-order chi connectivity index (χ1) is 13.2. The van der Waals surface area contributed by atoms with Crippen LogP contribution in [0.5, 0.6) is 0 Å². The average molecular weight is 392 g/mol. The van der Waals surface area contributed by atoms with E-state index in [-0.39, 0.29) is 12.1 Å². The second-order valence-corrected chi connectivity index (χ2v) is 7.90. The number of para-hydroxylation sites is 1. The van der Waals surface area contributed by atoms with Gasteiger partial charge in [0.1, 0.15) is 0 Å². The highest BCUT2D eigenvalue weighted by Crippen LogP contribution is 2.39. The number of benzene rings is 1. The van der Waals surface area contributed by atoms with Crippen molar-refractivity contribution < 1.29 is 0 Å². The molecule has 1 N–H and O–H groups in total. The summed E-state index contributed by atoms with van der Waals surface area (Å²) in [5.41, 5.74) is 3.14. The van der Waals surface area contributed by atoms with Gasteiger partial charge in [-0.1, -0.05) is 29.5 Å². The fourth-order valence-corrected chi connectivity index (χ4v) is 4.81. The van der Waals surface area contributed by atoms with Crippen molar-refractivity contribution >= 4 is 38.9 Å². The second-order valence-electron chi connectivity index (χ2n) is 6.50. The van der Waals surface area contributed by atoms with Crippen molar-refractivity contribution in [2.45, 2.75) is 12.1 Å². The molecule has 134 valence electrons. The van der Waals surface area contributed by atoms with Gasteiger partial charge in [-0.15, -0.1) is 0 Å². The van der Waals surface area contributed by atoms with Crippen LogP contribution < -0.4 is 5.32 Å². The van der Waals surface area contributed by atoms with Crippen molar-refractivity contribution in [3.63, 3.8) is 0 Å². The van der Waals surface area contributed by atoms with Gasteiger partial charge < -0.3 is 10.2 Å². The Morgan fingerprint density at radius 3 is 2.74 bits per heavy atom. The maximum absolute atomic E-state index is 5.55. The summed E-state index contributed by atoms with van der Waals surface area (Å²) in [6.07, 6.45) is 3.89. The molecule has 4 heterocycles. The molecular weight excluding hydrogens is 374 g/mol. The van der Waals surface area contributed by atoms with E-state index in [1.54, 1.807) is 11.3 Å². The Labute approximate surface area is 166 Å². The molecule has 1 aliphatic rings. The normalized spacial score (nSPS) is 19.6. The van der Waals surface area contributed by atoms with Crippen LogP contribution in [0.3, 0.4) is 0 Å². The lowest BCUT2D eigenvalue weighted by Crippen LogP contribution is -2.25. The van der Waals surface area contributed by atoms with E-state index in [1.165, 1.54) is 4.70 Å². The Morgan fingerprint density at radius 1 is 1.07 bits per heavy atom. The monoisotopic (exact) mass is 391 g/mol. The number of fused-ring (bicyclic) bond motifs is 1. The van der Waals surface area contributed by atoms with Crippen molar-refractivity contribution in [2.75, 3.05) is 7.05 Å². The Balaban J connectivity index is 1.61. The van der Waals surface area contributed by atoms with E-state index in [4.69, 9.17) is 17.2 Å². The first-order valence-corrected chi connectivity index (χ1v) is 9.92. The summed E-state index contributed by atoms with van der Waals surface area (Å²) in [4.78, 5) is 11.5. The van der Waals surface area contributed by atoms with Gasteiger partial charge in [0, 0.05) is 19.4 Å². The predicted molar refractivity (Wildman–Crippen MR) is 112 cm³/mol. The minimum Gasteiger partial charge on any atom is -0.352 e. The van der Waals surface area contributed by atoms with E-state index in [0.717, 1.165) is 27.1 Å². The lowest BCUT2D eigenvalue weighted by atomic mass is 10.0.